The molecule has 0 saturated heterocycles. The molecule has 25 heavy (non-hydrogen) atoms. The minimum atomic E-state index is -1.22. The highest BCUT2D eigenvalue weighted by Crippen LogP contribution is 2.23. The van der Waals surface area contributed by atoms with Crippen LogP contribution in [-0.2, 0) is 26.8 Å². The second kappa shape index (κ2) is 8.07. The normalized spacial score (nSPS) is 14.3. The first-order chi connectivity index (χ1) is 11.8. The number of carboxylic acids is 1. The van der Waals surface area contributed by atoms with Gasteiger partial charge in [0, 0.05) is 34.9 Å². The Morgan fingerprint density at radius 3 is 2.40 bits per heavy atom. The minimum absolute atomic E-state index is 0.0326. The van der Waals surface area contributed by atoms with Gasteiger partial charge in [0.1, 0.15) is 5.41 Å². The number of hydrogen-bond donors (Lipinski definition) is 2. The van der Waals surface area contributed by atoms with Crippen molar-refractivity contribution < 1.29 is 18.9 Å². The molecule has 0 fully saturated rings. The molecular weight excluding hydrogens is 338 g/mol. The first-order valence-electron chi connectivity index (χ1n) is 7.79. The average Bonchev–Trinajstić information content (AvgIpc) is 2.59. The molecule has 5 nitrogen and oxygen atoms in total. The van der Waals surface area contributed by atoms with E-state index in [0.717, 1.165) is 5.56 Å². The number of benzene rings is 2. The van der Waals surface area contributed by atoms with Crippen molar-refractivity contribution in [2.75, 3.05) is 12.8 Å². The number of amides is 1. The molecule has 2 unspecified atom stereocenters. The van der Waals surface area contributed by atoms with E-state index in [1.807, 2.05) is 12.1 Å². The molecule has 2 rings (SSSR count). The highest BCUT2D eigenvalue weighted by atomic mass is 32.2. The summed E-state index contributed by atoms with van der Waals surface area (Å²) in [5.41, 5.74) is 0.624. The molecular formula is C19H21NO4S. The van der Waals surface area contributed by atoms with Gasteiger partial charge in [-0.1, -0.05) is 42.5 Å². The van der Waals surface area contributed by atoms with E-state index in [0.29, 0.717) is 16.9 Å². The molecule has 132 valence electrons. The Kier molecular flexibility index (Phi) is 6.09. The van der Waals surface area contributed by atoms with Crippen LogP contribution in [-0.4, -0.2) is 34.0 Å². The SMILES string of the molecule is CS(=O)Cc1cccc(C(=O)NCC(C)(C(=O)O)c2ccccc2)c1. The van der Waals surface area contributed by atoms with Crippen molar-refractivity contribution >= 4 is 22.7 Å². The van der Waals surface area contributed by atoms with Crippen LogP contribution in [0.2, 0.25) is 0 Å². The number of nitrogens with one attached hydrogen (secondary N) is 1. The highest BCUT2D eigenvalue weighted by Gasteiger charge is 2.35. The van der Waals surface area contributed by atoms with Gasteiger partial charge >= 0.3 is 5.97 Å². The summed E-state index contributed by atoms with van der Waals surface area (Å²) in [6, 6.07) is 15.7. The van der Waals surface area contributed by atoms with Crippen LogP contribution in [0.25, 0.3) is 0 Å². The molecule has 2 aromatic carbocycles. The zero-order chi connectivity index (χ0) is 18.4. The van der Waals surface area contributed by atoms with Gasteiger partial charge < -0.3 is 10.4 Å². The Morgan fingerprint density at radius 2 is 1.80 bits per heavy atom. The Bertz CT molecular complexity index is 791. The van der Waals surface area contributed by atoms with E-state index in [4.69, 9.17) is 0 Å². The number of carbonyl (C=O) groups excluding carboxylic acids is 1. The molecule has 0 bridgehead atoms. The van der Waals surface area contributed by atoms with Crippen LogP contribution in [0.4, 0.5) is 0 Å². The molecule has 2 N–H and O–H groups in total. The molecule has 0 aliphatic carbocycles. The Morgan fingerprint density at radius 1 is 1.12 bits per heavy atom. The summed E-state index contributed by atoms with van der Waals surface area (Å²) in [6.07, 6.45) is 1.60. The van der Waals surface area contributed by atoms with E-state index < -0.39 is 22.2 Å². The van der Waals surface area contributed by atoms with Crippen LogP contribution in [0.1, 0.15) is 28.4 Å². The molecule has 0 aliphatic heterocycles. The molecule has 2 atom stereocenters. The van der Waals surface area contributed by atoms with Crippen LogP contribution in [0.5, 0.6) is 0 Å². The van der Waals surface area contributed by atoms with Crippen molar-refractivity contribution in [3.05, 3.63) is 71.3 Å². The third-order valence-corrected chi connectivity index (χ3v) is 4.78. The van der Waals surface area contributed by atoms with E-state index in [1.165, 1.54) is 0 Å². The Hall–Kier alpha value is -2.47. The number of hydrogen-bond acceptors (Lipinski definition) is 3. The van der Waals surface area contributed by atoms with Crippen LogP contribution in [0, 0.1) is 0 Å². The average molecular weight is 359 g/mol. The van der Waals surface area contributed by atoms with E-state index >= 15 is 0 Å². The molecule has 0 aliphatic rings. The fourth-order valence-electron chi connectivity index (χ4n) is 2.50. The van der Waals surface area contributed by atoms with Gasteiger partial charge in [0.15, 0.2) is 0 Å². The van der Waals surface area contributed by atoms with Crippen molar-refractivity contribution in [3.63, 3.8) is 0 Å². The molecule has 6 heteroatoms. The molecule has 0 heterocycles. The summed E-state index contributed by atoms with van der Waals surface area (Å²) < 4.78 is 11.3. The zero-order valence-corrected chi connectivity index (χ0v) is 15.0. The number of aliphatic carboxylic acids is 1. The lowest BCUT2D eigenvalue weighted by Crippen LogP contribution is -2.44. The summed E-state index contributed by atoms with van der Waals surface area (Å²) in [5, 5.41) is 12.3. The van der Waals surface area contributed by atoms with Crippen molar-refractivity contribution in [1.82, 2.24) is 5.32 Å². The summed E-state index contributed by atoms with van der Waals surface area (Å²) in [7, 11) is -0.996. The van der Waals surface area contributed by atoms with Crippen molar-refractivity contribution in [3.8, 4) is 0 Å². The third kappa shape index (κ3) is 4.76. The van der Waals surface area contributed by atoms with Gasteiger partial charge in [-0.15, -0.1) is 0 Å². The summed E-state index contributed by atoms with van der Waals surface area (Å²) >= 11 is 0. The molecule has 0 spiro atoms. The minimum Gasteiger partial charge on any atom is -0.481 e. The maximum atomic E-state index is 12.4. The van der Waals surface area contributed by atoms with Crippen LogP contribution < -0.4 is 5.32 Å². The molecule has 2 aromatic rings. The monoisotopic (exact) mass is 359 g/mol. The maximum absolute atomic E-state index is 12.4. The predicted molar refractivity (Wildman–Crippen MR) is 98.0 cm³/mol. The molecule has 1 amide bonds. The maximum Gasteiger partial charge on any atom is 0.315 e. The summed E-state index contributed by atoms with van der Waals surface area (Å²) in [4.78, 5) is 24.2. The number of rotatable bonds is 7. The fourth-order valence-corrected chi connectivity index (χ4v) is 3.15. The van der Waals surface area contributed by atoms with Gasteiger partial charge in [0.2, 0.25) is 0 Å². The van der Waals surface area contributed by atoms with Crippen LogP contribution >= 0.6 is 0 Å². The van der Waals surface area contributed by atoms with Gasteiger partial charge in [-0.25, -0.2) is 0 Å². The van der Waals surface area contributed by atoms with Crippen molar-refractivity contribution in [2.45, 2.75) is 18.1 Å². The van der Waals surface area contributed by atoms with Crippen molar-refractivity contribution in [1.29, 1.82) is 0 Å². The smallest absolute Gasteiger partial charge is 0.315 e. The molecule has 0 saturated carbocycles. The first kappa shape index (κ1) is 18.9. The third-order valence-electron chi connectivity index (χ3n) is 4.04. The van der Waals surface area contributed by atoms with Crippen LogP contribution in [0.15, 0.2) is 54.6 Å². The molecule has 0 aromatic heterocycles. The topological polar surface area (TPSA) is 83.5 Å². The van der Waals surface area contributed by atoms with Gasteiger partial charge in [-0.2, -0.15) is 0 Å². The van der Waals surface area contributed by atoms with E-state index in [-0.39, 0.29) is 12.5 Å². The lowest BCUT2D eigenvalue weighted by molar-refractivity contribution is -0.142. The second-order valence-corrected chi connectivity index (χ2v) is 7.54. The first-order valence-corrected chi connectivity index (χ1v) is 9.52. The lowest BCUT2D eigenvalue weighted by atomic mass is 9.82. The van der Waals surface area contributed by atoms with Gasteiger partial charge in [0.25, 0.3) is 5.91 Å². The summed E-state index contributed by atoms with van der Waals surface area (Å²) in [5.74, 6) is -0.987. The standard InChI is InChI=1S/C19H21NO4S/c1-19(18(22)23,16-9-4-3-5-10-16)13-20-17(21)15-8-6-7-14(11-15)12-25(2)24/h3-11H,12-13H2,1-2H3,(H,20,21)(H,22,23). The van der Waals surface area contributed by atoms with E-state index in [9.17, 15) is 18.9 Å². The van der Waals surface area contributed by atoms with Crippen molar-refractivity contribution in [2.24, 2.45) is 0 Å². The van der Waals surface area contributed by atoms with Gasteiger partial charge in [0.05, 0.1) is 0 Å². The second-order valence-electron chi connectivity index (χ2n) is 6.10. The Balaban J connectivity index is 2.14. The summed E-state index contributed by atoms with van der Waals surface area (Å²) in [6.45, 7) is 1.55. The number of carboxylic acid groups (broad SMARTS) is 1. The van der Waals surface area contributed by atoms with Crippen LogP contribution in [0.3, 0.4) is 0 Å². The lowest BCUT2D eigenvalue weighted by Gasteiger charge is -2.25. The fraction of sp³-hybridized carbons (Fsp3) is 0.263. The predicted octanol–water partition coefficient (Wildman–Crippen LogP) is 2.34. The van der Waals surface area contributed by atoms with Gasteiger partial charge in [-0.05, 0) is 30.2 Å². The van der Waals surface area contributed by atoms with E-state index in [2.05, 4.69) is 5.32 Å². The highest BCUT2D eigenvalue weighted by molar-refractivity contribution is 7.83. The number of carbonyl (C=O) groups is 2. The quantitative estimate of drug-likeness (QED) is 0.795. The zero-order valence-electron chi connectivity index (χ0n) is 14.2. The molecule has 0 radical (unpaired) electrons. The largest absolute Gasteiger partial charge is 0.481 e. The van der Waals surface area contributed by atoms with E-state index in [1.54, 1.807) is 55.6 Å². The van der Waals surface area contributed by atoms with Gasteiger partial charge in [-0.3, -0.25) is 13.8 Å². The Labute approximate surface area is 149 Å².